The molecular formula is C13H18ClN5. The lowest BCUT2D eigenvalue weighted by Gasteiger charge is -2.19. The van der Waals surface area contributed by atoms with Crippen LogP contribution in [0.25, 0.3) is 0 Å². The molecule has 0 aliphatic carbocycles. The lowest BCUT2D eigenvalue weighted by molar-refractivity contribution is 0.511. The van der Waals surface area contributed by atoms with E-state index in [-0.39, 0.29) is 6.04 Å². The topological polar surface area (TPSA) is 68.8 Å². The highest BCUT2D eigenvalue weighted by molar-refractivity contribution is 6.30. The molecule has 6 heteroatoms. The van der Waals surface area contributed by atoms with E-state index >= 15 is 0 Å². The summed E-state index contributed by atoms with van der Waals surface area (Å²) in [6, 6.07) is 5.63. The van der Waals surface area contributed by atoms with Crippen LogP contribution in [-0.4, -0.2) is 15.0 Å². The predicted molar refractivity (Wildman–Crippen MR) is 75.7 cm³/mol. The Balaban J connectivity index is 2.41. The van der Waals surface area contributed by atoms with Crippen LogP contribution in [-0.2, 0) is 6.54 Å². The summed E-state index contributed by atoms with van der Waals surface area (Å²) in [5, 5.41) is 8.79. The molecule has 0 aliphatic rings. The van der Waals surface area contributed by atoms with Gasteiger partial charge in [0.15, 0.2) is 0 Å². The zero-order chi connectivity index (χ0) is 13.8. The second-order valence-electron chi connectivity index (χ2n) is 4.48. The normalized spacial score (nSPS) is 12.6. The van der Waals surface area contributed by atoms with Gasteiger partial charge in [0.05, 0.1) is 17.9 Å². The monoisotopic (exact) mass is 279 g/mol. The average Bonchev–Trinajstić information content (AvgIpc) is 2.82. The fourth-order valence-electron chi connectivity index (χ4n) is 2.17. The van der Waals surface area contributed by atoms with Gasteiger partial charge >= 0.3 is 0 Å². The lowest BCUT2D eigenvalue weighted by Crippen LogP contribution is -2.31. The third-order valence-electron chi connectivity index (χ3n) is 3.09. The summed E-state index contributed by atoms with van der Waals surface area (Å²) in [5.74, 6) is 5.72. The van der Waals surface area contributed by atoms with Crippen molar-refractivity contribution < 1.29 is 0 Å². The molecule has 102 valence electrons. The zero-order valence-electron chi connectivity index (χ0n) is 11.1. The molecule has 0 saturated heterocycles. The van der Waals surface area contributed by atoms with Crippen LogP contribution in [0, 0.1) is 6.92 Å². The molecular weight excluding hydrogens is 262 g/mol. The number of benzene rings is 1. The van der Waals surface area contributed by atoms with E-state index in [4.69, 9.17) is 17.4 Å². The maximum Gasteiger partial charge on any atom is 0.0897 e. The molecule has 0 aliphatic heterocycles. The molecule has 19 heavy (non-hydrogen) atoms. The van der Waals surface area contributed by atoms with Crippen molar-refractivity contribution in [2.24, 2.45) is 5.84 Å². The number of hydrazine groups is 1. The molecule has 0 amide bonds. The number of halogens is 1. The summed E-state index contributed by atoms with van der Waals surface area (Å²) >= 11 is 5.99. The first kappa shape index (κ1) is 14.0. The Morgan fingerprint density at radius 1 is 1.47 bits per heavy atom. The number of nitrogens with zero attached hydrogens (tertiary/aromatic N) is 3. The van der Waals surface area contributed by atoms with Gasteiger partial charge in [-0.15, -0.1) is 5.10 Å². The van der Waals surface area contributed by atoms with E-state index in [1.807, 2.05) is 29.8 Å². The van der Waals surface area contributed by atoms with Gasteiger partial charge in [-0.2, -0.15) is 0 Å². The highest BCUT2D eigenvalue weighted by Crippen LogP contribution is 2.25. The SMILES string of the molecule is CCCn1nncc1C(NN)c1ccc(Cl)cc1C. The Labute approximate surface area is 117 Å². The van der Waals surface area contributed by atoms with Crippen molar-refractivity contribution in [2.75, 3.05) is 0 Å². The molecule has 0 saturated carbocycles. The smallest absolute Gasteiger partial charge is 0.0897 e. The van der Waals surface area contributed by atoms with Gasteiger partial charge in [-0.25, -0.2) is 10.1 Å². The van der Waals surface area contributed by atoms with Crippen LogP contribution < -0.4 is 11.3 Å². The van der Waals surface area contributed by atoms with Crippen molar-refractivity contribution in [1.82, 2.24) is 20.4 Å². The molecule has 5 nitrogen and oxygen atoms in total. The largest absolute Gasteiger partial charge is 0.271 e. The summed E-state index contributed by atoms with van der Waals surface area (Å²) in [6.45, 7) is 4.93. The van der Waals surface area contributed by atoms with E-state index in [2.05, 4.69) is 22.7 Å². The minimum atomic E-state index is -0.140. The van der Waals surface area contributed by atoms with Crippen LogP contribution in [0.5, 0.6) is 0 Å². The maximum absolute atomic E-state index is 5.99. The molecule has 0 bridgehead atoms. The average molecular weight is 280 g/mol. The minimum Gasteiger partial charge on any atom is -0.271 e. The second kappa shape index (κ2) is 6.14. The van der Waals surface area contributed by atoms with E-state index in [0.29, 0.717) is 0 Å². The molecule has 1 atom stereocenters. The van der Waals surface area contributed by atoms with Crippen molar-refractivity contribution >= 4 is 11.6 Å². The van der Waals surface area contributed by atoms with Crippen molar-refractivity contribution in [3.63, 3.8) is 0 Å². The maximum atomic E-state index is 5.99. The Bertz CT molecular complexity index is 552. The third kappa shape index (κ3) is 2.94. The van der Waals surface area contributed by atoms with E-state index in [1.165, 1.54) is 0 Å². The minimum absolute atomic E-state index is 0.140. The van der Waals surface area contributed by atoms with Crippen molar-refractivity contribution in [3.8, 4) is 0 Å². The van der Waals surface area contributed by atoms with Crippen molar-refractivity contribution in [3.05, 3.63) is 46.2 Å². The quantitative estimate of drug-likeness (QED) is 0.650. The molecule has 2 rings (SSSR count). The Kier molecular flexibility index (Phi) is 4.52. The van der Waals surface area contributed by atoms with Crippen molar-refractivity contribution in [2.45, 2.75) is 32.9 Å². The Morgan fingerprint density at radius 3 is 2.89 bits per heavy atom. The third-order valence-corrected chi connectivity index (χ3v) is 3.32. The fourth-order valence-corrected chi connectivity index (χ4v) is 2.40. The standard InChI is InChI=1S/C13H18ClN5/c1-3-6-19-12(8-16-18-19)13(17-15)11-5-4-10(14)7-9(11)2/h4-5,7-8,13,17H,3,6,15H2,1-2H3. The number of nitrogens with one attached hydrogen (secondary N) is 1. The van der Waals surface area contributed by atoms with Crippen LogP contribution in [0.4, 0.5) is 0 Å². The molecule has 3 N–H and O–H groups in total. The first-order valence-electron chi connectivity index (χ1n) is 6.28. The van der Waals surface area contributed by atoms with E-state index < -0.39 is 0 Å². The molecule has 1 unspecified atom stereocenters. The molecule has 0 fully saturated rings. The summed E-state index contributed by atoms with van der Waals surface area (Å²) in [7, 11) is 0. The summed E-state index contributed by atoms with van der Waals surface area (Å²) in [6.07, 6.45) is 2.74. The van der Waals surface area contributed by atoms with Gasteiger partial charge < -0.3 is 0 Å². The first-order valence-corrected chi connectivity index (χ1v) is 6.65. The van der Waals surface area contributed by atoms with E-state index in [1.54, 1.807) is 6.20 Å². The van der Waals surface area contributed by atoms with Crippen LogP contribution >= 0.6 is 11.6 Å². The number of hydrogen-bond donors (Lipinski definition) is 2. The fraction of sp³-hybridized carbons (Fsp3) is 0.385. The summed E-state index contributed by atoms with van der Waals surface area (Å²) in [5.41, 5.74) is 5.95. The van der Waals surface area contributed by atoms with E-state index in [0.717, 1.165) is 34.8 Å². The Morgan fingerprint density at radius 2 is 2.26 bits per heavy atom. The Hall–Kier alpha value is -1.43. The molecule has 0 spiro atoms. The zero-order valence-corrected chi connectivity index (χ0v) is 11.9. The molecule has 0 radical (unpaired) electrons. The molecule has 1 aromatic heterocycles. The number of aromatic nitrogens is 3. The summed E-state index contributed by atoms with van der Waals surface area (Å²) < 4.78 is 1.87. The van der Waals surface area contributed by atoms with Gasteiger partial charge in [-0.3, -0.25) is 5.84 Å². The number of aryl methyl sites for hydroxylation is 2. The van der Waals surface area contributed by atoms with Crippen LogP contribution in [0.15, 0.2) is 24.4 Å². The van der Waals surface area contributed by atoms with Crippen LogP contribution in [0.2, 0.25) is 5.02 Å². The van der Waals surface area contributed by atoms with Crippen molar-refractivity contribution in [1.29, 1.82) is 0 Å². The van der Waals surface area contributed by atoms with Crippen LogP contribution in [0.3, 0.4) is 0 Å². The van der Waals surface area contributed by atoms with Gasteiger partial charge in [0.2, 0.25) is 0 Å². The number of nitrogens with two attached hydrogens (primary N) is 1. The van der Waals surface area contributed by atoms with Gasteiger partial charge in [-0.05, 0) is 36.6 Å². The van der Waals surface area contributed by atoms with Gasteiger partial charge in [-0.1, -0.05) is 29.8 Å². The van der Waals surface area contributed by atoms with Gasteiger partial charge in [0.25, 0.3) is 0 Å². The lowest BCUT2D eigenvalue weighted by atomic mass is 9.99. The first-order chi connectivity index (χ1) is 9.17. The second-order valence-corrected chi connectivity index (χ2v) is 4.92. The predicted octanol–water partition coefficient (Wildman–Crippen LogP) is 2.20. The van der Waals surface area contributed by atoms with Gasteiger partial charge in [0, 0.05) is 11.6 Å². The molecule has 2 aromatic rings. The number of hydrogen-bond acceptors (Lipinski definition) is 4. The highest BCUT2D eigenvalue weighted by Gasteiger charge is 2.19. The van der Waals surface area contributed by atoms with E-state index in [9.17, 15) is 0 Å². The van der Waals surface area contributed by atoms with Crippen LogP contribution in [0.1, 0.15) is 36.2 Å². The van der Waals surface area contributed by atoms with Gasteiger partial charge in [0.1, 0.15) is 0 Å². The summed E-state index contributed by atoms with van der Waals surface area (Å²) in [4.78, 5) is 0. The molecule has 1 aromatic carbocycles. The number of rotatable bonds is 5. The highest BCUT2D eigenvalue weighted by atomic mass is 35.5. The molecule has 1 heterocycles.